The number of likely N-dealkylation sites (N-methyl/N-ethyl adjacent to an activating group) is 1. The number of fused-ring (bicyclic) bond motifs is 1. The first-order valence-corrected chi connectivity index (χ1v) is 10.6. The maximum Gasteiger partial charge on any atom is 0.325 e. The molecule has 1 atom stereocenters. The maximum atomic E-state index is 12.8. The normalized spacial score (nSPS) is 15.6. The number of anilines is 1. The summed E-state index contributed by atoms with van der Waals surface area (Å²) in [6, 6.07) is 13.6. The lowest BCUT2D eigenvalue weighted by molar-refractivity contribution is -0.137. The van der Waals surface area contributed by atoms with Crippen molar-refractivity contribution >= 4 is 40.3 Å². The summed E-state index contributed by atoms with van der Waals surface area (Å²) < 4.78 is 0. The molecule has 170 valence electrons. The monoisotopic (exact) mass is 447 g/mol. The minimum atomic E-state index is -0.750. The van der Waals surface area contributed by atoms with Crippen LogP contribution >= 0.6 is 0 Å². The Morgan fingerprint density at radius 2 is 1.82 bits per heavy atom. The number of nitrogens with zero attached hydrogens (tertiary/aromatic N) is 2. The van der Waals surface area contributed by atoms with E-state index in [1.807, 2.05) is 49.5 Å². The average molecular weight is 447 g/mol. The zero-order chi connectivity index (χ0) is 23.5. The first-order valence-electron chi connectivity index (χ1n) is 10.6. The lowest BCUT2D eigenvalue weighted by Crippen LogP contribution is -2.44. The van der Waals surface area contributed by atoms with Gasteiger partial charge in [-0.1, -0.05) is 35.9 Å². The van der Waals surface area contributed by atoms with Gasteiger partial charge in [-0.3, -0.25) is 19.3 Å². The number of aromatic nitrogens is 1. The molecule has 1 fully saturated rings. The number of hydrogen-bond donors (Lipinski definition) is 3. The van der Waals surface area contributed by atoms with Crippen LogP contribution in [0.1, 0.15) is 11.1 Å². The molecule has 0 aliphatic carbocycles. The Morgan fingerprint density at radius 1 is 1.09 bits per heavy atom. The summed E-state index contributed by atoms with van der Waals surface area (Å²) in [7, 11) is 1.46. The molecule has 0 saturated carbocycles. The summed E-state index contributed by atoms with van der Waals surface area (Å²) >= 11 is 0. The molecule has 3 N–H and O–H groups in total. The highest BCUT2D eigenvalue weighted by atomic mass is 16.2. The van der Waals surface area contributed by atoms with Gasteiger partial charge in [0.2, 0.25) is 11.8 Å². The predicted octanol–water partition coefficient (Wildman–Crippen LogP) is 2.04. The zero-order valence-electron chi connectivity index (χ0n) is 18.4. The zero-order valence-corrected chi connectivity index (χ0v) is 18.4. The van der Waals surface area contributed by atoms with Gasteiger partial charge < -0.3 is 20.5 Å². The van der Waals surface area contributed by atoms with Crippen molar-refractivity contribution in [2.45, 2.75) is 19.4 Å². The molecule has 33 heavy (non-hydrogen) atoms. The van der Waals surface area contributed by atoms with E-state index in [2.05, 4.69) is 15.6 Å². The number of nitrogens with one attached hydrogen (secondary N) is 3. The molecule has 0 spiro atoms. The highest BCUT2D eigenvalue weighted by Gasteiger charge is 2.39. The summed E-state index contributed by atoms with van der Waals surface area (Å²) in [5, 5.41) is 6.35. The number of hydrogen-bond acceptors (Lipinski definition) is 4. The summed E-state index contributed by atoms with van der Waals surface area (Å²) in [4.78, 5) is 55.3. The maximum absolute atomic E-state index is 12.8. The number of carbonyl (C=O) groups excluding carboxylic acids is 4. The third-order valence-electron chi connectivity index (χ3n) is 5.64. The van der Waals surface area contributed by atoms with E-state index in [1.165, 1.54) is 11.9 Å². The number of aryl methyl sites for hydroxylation is 1. The molecule has 2 heterocycles. The van der Waals surface area contributed by atoms with Crippen LogP contribution in [0.2, 0.25) is 0 Å². The number of para-hydroxylation sites is 1. The quantitative estimate of drug-likeness (QED) is 0.481. The smallest absolute Gasteiger partial charge is 0.325 e. The van der Waals surface area contributed by atoms with Crippen LogP contribution in [0.3, 0.4) is 0 Å². The van der Waals surface area contributed by atoms with E-state index in [0.29, 0.717) is 12.1 Å². The van der Waals surface area contributed by atoms with Gasteiger partial charge in [-0.15, -0.1) is 0 Å². The second-order valence-electron chi connectivity index (χ2n) is 8.15. The SMILES string of the molecule is Cc1ccc(NC(=O)CN(C)C(=O)CN2C(=O)N[C@@H](Cc3c[nH]c4ccccc34)C2=O)cc1. The van der Waals surface area contributed by atoms with E-state index in [-0.39, 0.29) is 12.5 Å². The van der Waals surface area contributed by atoms with E-state index in [0.717, 1.165) is 26.9 Å². The molecule has 2 aromatic carbocycles. The molecule has 1 aliphatic rings. The van der Waals surface area contributed by atoms with Crippen molar-refractivity contribution in [2.75, 3.05) is 25.5 Å². The molecule has 1 aromatic heterocycles. The Labute approximate surface area is 190 Å². The minimum Gasteiger partial charge on any atom is -0.361 e. The predicted molar refractivity (Wildman–Crippen MR) is 123 cm³/mol. The fourth-order valence-electron chi connectivity index (χ4n) is 3.78. The van der Waals surface area contributed by atoms with Crippen LogP contribution in [-0.4, -0.2) is 64.7 Å². The fourth-order valence-corrected chi connectivity index (χ4v) is 3.78. The van der Waals surface area contributed by atoms with Crippen LogP contribution in [0.4, 0.5) is 10.5 Å². The van der Waals surface area contributed by atoms with Crippen LogP contribution in [0.5, 0.6) is 0 Å². The first kappa shape index (κ1) is 22.1. The minimum absolute atomic E-state index is 0.199. The number of benzene rings is 2. The molecule has 3 aromatic rings. The molecule has 0 radical (unpaired) electrons. The Kier molecular flexibility index (Phi) is 6.12. The van der Waals surface area contributed by atoms with Gasteiger partial charge in [0.05, 0.1) is 6.54 Å². The average Bonchev–Trinajstić information content (AvgIpc) is 3.31. The van der Waals surface area contributed by atoms with Crippen LogP contribution < -0.4 is 10.6 Å². The molecule has 4 rings (SSSR count). The van der Waals surface area contributed by atoms with E-state index in [1.54, 1.807) is 12.1 Å². The third-order valence-corrected chi connectivity index (χ3v) is 5.64. The van der Waals surface area contributed by atoms with Gasteiger partial charge in [0.25, 0.3) is 5.91 Å². The number of urea groups is 1. The molecule has 0 bridgehead atoms. The van der Waals surface area contributed by atoms with Crippen molar-refractivity contribution in [3.05, 3.63) is 65.9 Å². The summed E-state index contributed by atoms with van der Waals surface area (Å²) in [6.07, 6.45) is 2.13. The number of carbonyl (C=O) groups is 4. The van der Waals surface area contributed by atoms with Crippen molar-refractivity contribution < 1.29 is 19.2 Å². The lowest BCUT2D eigenvalue weighted by Gasteiger charge is -2.20. The van der Waals surface area contributed by atoms with Crippen molar-refractivity contribution in [3.63, 3.8) is 0 Å². The van der Waals surface area contributed by atoms with E-state index in [9.17, 15) is 19.2 Å². The van der Waals surface area contributed by atoms with Crippen molar-refractivity contribution in [1.29, 1.82) is 0 Å². The molecule has 1 aliphatic heterocycles. The number of rotatable bonds is 7. The van der Waals surface area contributed by atoms with Gasteiger partial charge >= 0.3 is 6.03 Å². The Bertz CT molecular complexity index is 1220. The van der Waals surface area contributed by atoms with Crippen molar-refractivity contribution in [3.8, 4) is 0 Å². The second-order valence-corrected chi connectivity index (χ2v) is 8.15. The molecule has 9 nitrogen and oxygen atoms in total. The fraction of sp³-hybridized carbons (Fsp3) is 0.250. The second kappa shape index (κ2) is 9.15. The topological polar surface area (TPSA) is 115 Å². The number of aromatic amines is 1. The van der Waals surface area contributed by atoms with Crippen molar-refractivity contribution in [1.82, 2.24) is 20.1 Å². The molecule has 1 saturated heterocycles. The Balaban J connectivity index is 1.33. The van der Waals surface area contributed by atoms with E-state index >= 15 is 0 Å². The molecular weight excluding hydrogens is 422 g/mol. The van der Waals surface area contributed by atoms with Gasteiger partial charge in [0.1, 0.15) is 12.6 Å². The molecule has 5 amide bonds. The lowest BCUT2D eigenvalue weighted by atomic mass is 10.1. The van der Waals surface area contributed by atoms with E-state index in [4.69, 9.17) is 0 Å². The van der Waals surface area contributed by atoms with E-state index < -0.39 is 30.4 Å². The van der Waals surface area contributed by atoms with Crippen LogP contribution in [0, 0.1) is 6.92 Å². The third kappa shape index (κ3) is 4.87. The summed E-state index contributed by atoms with van der Waals surface area (Å²) in [5.41, 5.74) is 3.54. The standard InChI is InChI=1S/C24H25N5O4/c1-15-7-9-17(10-8-15)26-21(30)13-28(2)22(31)14-29-23(32)20(27-24(29)33)11-16-12-25-19-6-4-3-5-18(16)19/h3-10,12,20,25H,11,13-14H2,1-2H3,(H,26,30)(H,27,33)/t20-/m0/s1. The summed E-state index contributed by atoms with van der Waals surface area (Å²) in [6.45, 7) is 1.32. The first-order chi connectivity index (χ1) is 15.8. The number of imide groups is 1. The number of amides is 5. The van der Waals surface area contributed by atoms with Gasteiger partial charge in [-0.05, 0) is 30.7 Å². The Morgan fingerprint density at radius 3 is 2.58 bits per heavy atom. The molecule has 0 unspecified atom stereocenters. The van der Waals surface area contributed by atoms with Crippen LogP contribution in [0.25, 0.3) is 10.9 Å². The molecular formula is C24H25N5O4. The van der Waals surface area contributed by atoms with Gasteiger partial charge in [0.15, 0.2) is 0 Å². The number of H-pyrrole nitrogens is 1. The molecule has 9 heteroatoms. The highest BCUT2D eigenvalue weighted by molar-refractivity contribution is 6.07. The highest BCUT2D eigenvalue weighted by Crippen LogP contribution is 2.21. The van der Waals surface area contributed by atoms with Gasteiger partial charge in [0, 0.05) is 36.3 Å². The van der Waals surface area contributed by atoms with Crippen molar-refractivity contribution in [2.24, 2.45) is 0 Å². The van der Waals surface area contributed by atoms with Gasteiger partial charge in [-0.25, -0.2) is 4.79 Å². The summed E-state index contributed by atoms with van der Waals surface area (Å²) in [5.74, 6) is -1.34. The Hall–Kier alpha value is -4.14. The van der Waals surface area contributed by atoms with Crippen LogP contribution in [-0.2, 0) is 20.8 Å². The largest absolute Gasteiger partial charge is 0.361 e. The van der Waals surface area contributed by atoms with Crippen LogP contribution in [0.15, 0.2) is 54.7 Å². The van der Waals surface area contributed by atoms with Gasteiger partial charge in [-0.2, -0.15) is 0 Å².